The zero-order valence-electron chi connectivity index (χ0n) is 10.3. The van der Waals surface area contributed by atoms with E-state index in [9.17, 15) is 18.0 Å². The number of hydrogen-bond acceptors (Lipinski definition) is 1. The summed E-state index contributed by atoms with van der Waals surface area (Å²) in [5.74, 6) is -0.706. The molecule has 0 aromatic carbocycles. The average Bonchev–Trinajstić information content (AvgIpc) is 2.75. The van der Waals surface area contributed by atoms with Crippen molar-refractivity contribution < 1.29 is 18.0 Å². The van der Waals surface area contributed by atoms with Gasteiger partial charge in [0, 0.05) is 11.1 Å². The Balaban J connectivity index is 1.87. The third-order valence-electron chi connectivity index (χ3n) is 3.40. The molecule has 0 aromatic rings. The Morgan fingerprint density at radius 3 is 2.53 bits per heavy atom. The van der Waals surface area contributed by atoms with Crippen molar-refractivity contribution in [3.63, 3.8) is 0 Å². The third kappa shape index (κ3) is 1.70. The van der Waals surface area contributed by atoms with Crippen LogP contribution in [0.3, 0.4) is 0 Å². The Hall–Kier alpha value is -1.98. The second-order valence-corrected chi connectivity index (χ2v) is 5.21. The van der Waals surface area contributed by atoms with Gasteiger partial charge in [-0.1, -0.05) is 6.07 Å². The summed E-state index contributed by atoms with van der Waals surface area (Å²) < 4.78 is 38.2. The molecule has 0 saturated carbocycles. The third-order valence-corrected chi connectivity index (χ3v) is 3.40. The van der Waals surface area contributed by atoms with Crippen molar-refractivity contribution in [2.75, 3.05) is 0 Å². The van der Waals surface area contributed by atoms with E-state index in [1.165, 1.54) is 0 Å². The number of amides is 1. The largest absolute Gasteiger partial charge is 0.410 e. The van der Waals surface area contributed by atoms with Crippen molar-refractivity contribution in [1.82, 2.24) is 10.3 Å². The molecule has 0 atom stereocenters. The summed E-state index contributed by atoms with van der Waals surface area (Å²) in [4.78, 5) is 15.0. The van der Waals surface area contributed by atoms with Crippen LogP contribution in [0.4, 0.5) is 13.2 Å². The van der Waals surface area contributed by atoms with E-state index in [2.05, 4.69) is 4.98 Å². The van der Waals surface area contributed by atoms with Gasteiger partial charge in [-0.15, -0.1) is 0 Å². The zero-order chi connectivity index (χ0) is 14.0. The minimum absolute atomic E-state index is 0.279. The minimum Gasteiger partial charge on any atom is -0.352 e. The van der Waals surface area contributed by atoms with E-state index in [-0.39, 0.29) is 5.56 Å². The molecule has 1 heterocycles. The van der Waals surface area contributed by atoms with Gasteiger partial charge >= 0.3 is 6.18 Å². The number of fused-ring (bicyclic) bond motifs is 3. The molecule has 0 bridgehead atoms. The number of rotatable bonds is 2. The highest BCUT2D eigenvalue weighted by atomic mass is 19.4. The van der Waals surface area contributed by atoms with Crippen molar-refractivity contribution in [1.29, 1.82) is 0 Å². The predicted octanol–water partition coefficient (Wildman–Crippen LogP) is 3.17. The van der Waals surface area contributed by atoms with E-state index in [1.54, 1.807) is 18.2 Å². The number of hydrogen-bond donors (Lipinski definition) is 2. The topological polar surface area (TPSA) is 44.9 Å². The summed E-state index contributed by atoms with van der Waals surface area (Å²) in [6, 6.07) is 5.07. The quantitative estimate of drug-likeness (QED) is 0.736. The number of nitrogens with one attached hydrogen (secondary N) is 2. The number of halogens is 3. The summed E-state index contributed by atoms with van der Waals surface area (Å²) in [6.45, 7) is 1.89. The smallest absolute Gasteiger partial charge is 0.352 e. The van der Waals surface area contributed by atoms with Crippen LogP contribution in [0.15, 0.2) is 18.2 Å². The van der Waals surface area contributed by atoms with Crippen LogP contribution < -0.4 is 5.32 Å². The Kier molecular flexibility index (Phi) is 2.11. The fraction of sp³-hybridized carbons (Fsp3) is 0.308. The summed E-state index contributed by atoms with van der Waals surface area (Å²) >= 11 is 0. The summed E-state index contributed by atoms with van der Waals surface area (Å²) in [6.07, 6.45) is -4.49. The van der Waals surface area contributed by atoms with Crippen molar-refractivity contribution in [2.45, 2.75) is 25.6 Å². The Morgan fingerprint density at radius 1 is 1.21 bits per heavy atom. The number of carbonyl (C=O) groups is 1. The molecule has 0 saturated heterocycles. The molecule has 0 aromatic heterocycles. The predicted molar refractivity (Wildman–Crippen MR) is 64.0 cm³/mol. The van der Waals surface area contributed by atoms with E-state index in [1.807, 2.05) is 5.32 Å². The first-order valence-electron chi connectivity index (χ1n) is 5.76. The van der Waals surface area contributed by atoms with Crippen LogP contribution in [0, 0.1) is 0 Å². The van der Waals surface area contributed by atoms with Gasteiger partial charge in [0.15, 0.2) is 0 Å². The van der Waals surface area contributed by atoms with Crippen LogP contribution in [-0.2, 0) is 0 Å². The van der Waals surface area contributed by atoms with Gasteiger partial charge in [-0.3, -0.25) is 4.79 Å². The fourth-order valence-electron chi connectivity index (χ4n) is 2.05. The number of aromatic nitrogens is 1. The van der Waals surface area contributed by atoms with Crippen LogP contribution >= 0.6 is 0 Å². The molecular formula is C13H11F3N2O. The highest BCUT2D eigenvalue weighted by Gasteiger charge is 2.48. The first-order chi connectivity index (χ1) is 8.71. The average molecular weight is 268 g/mol. The van der Waals surface area contributed by atoms with E-state index in [0.29, 0.717) is 5.56 Å². The molecule has 6 heteroatoms. The molecule has 3 rings (SSSR count). The highest BCUT2D eigenvalue weighted by Crippen LogP contribution is 2.45. The molecule has 2 N–H and O–H groups in total. The van der Waals surface area contributed by atoms with Crippen LogP contribution in [0.25, 0.3) is 22.5 Å². The molecule has 19 heavy (non-hydrogen) atoms. The van der Waals surface area contributed by atoms with Gasteiger partial charge in [0.2, 0.25) is 0 Å². The number of pyridine rings is 1. The SMILES string of the molecule is CC(C)(NC(=O)c1ccc2c3[nH]c-3cc1-2)C(F)(F)F. The summed E-state index contributed by atoms with van der Waals surface area (Å²) in [7, 11) is 0. The molecule has 100 valence electrons. The number of alkyl halides is 3. The normalized spacial score (nSPS) is 13.7. The van der Waals surface area contributed by atoms with Crippen molar-refractivity contribution >= 4 is 5.91 Å². The summed E-state index contributed by atoms with van der Waals surface area (Å²) in [5, 5.41) is 2.04. The van der Waals surface area contributed by atoms with Gasteiger partial charge in [-0.2, -0.15) is 13.2 Å². The molecule has 3 aliphatic rings. The standard InChI is InChI=1S/C13H11F3N2O/c1-12(2,13(14,15)16)18-11(19)7-4-3-6-8(7)5-9-10(6)17-9/h3-5,17H,1-2H3,(H,18,19). The van der Waals surface area contributed by atoms with E-state index >= 15 is 0 Å². The second-order valence-electron chi connectivity index (χ2n) is 5.21. The molecule has 3 nitrogen and oxygen atoms in total. The highest BCUT2D eigenvalue weighted by molar-refractivity contribution is 6.07. The van der Waals surface area contributed by atoms with Crippen LogP contribution in [0.2, 0.25) is 0 Å². The Morgan fingerprint density at radius 2 is 1.89 bits per heavy atom. The van der Waals surface area contributed by atoms with E-state index in [0.717, 1.165) is 30.8 Å². The van der Waals surface area contributed by atoms with Gasteiger partial charge in [-0.05, 0) is 31.5 Å². The van der Waals surface area contributed by atoms with E-state index < -0.39 is 17.6 Å². The van der Waals surface area contributed by atoms with Crippen molar-refractivity contribution in [2.24, 2.45) is 0 Å². The van der Waals surface area contributed by atoms with Crippen LogP contribution in [-0.4, -0.2) is 22.6 Å². The molecule has 0 unspecified atom stereocenters. The fourth-order valence-corrected chi connectivity index (χ4v) is 2.05. The second kappa shape index (κ2) is 3.31. The molecular weight excluding hydrogens is 257 g/mol. The Bertz CT molecular complexity index is 655. The molecule has 2 aliphatic carbocycles. The monoisotopic (exact) mass is 268 g/mol. The zero-order valence-corrected chi connectivity index (χ0v) is 10.3. The van der Waals surface area contributed by atoms with Crippen LogP contribution in [0.1, 0.15) is 24.2 Å². The number of H-pyrrole nitrogens is 1. The van der Waals surface area contributed by atoms with E-state index in [4.69, 9.17) is 0 Å². The molecule has 0 spiro atoms. The lowest BCUT2D eigenvalue weighted by Crippen LogP contribution is -2.54. The number of aromatic amines is 1. The maximum atomic E-state index is 12.7. The molecule has 0 radical (unpaired) electrons. The number of carbonyl (C=O) groups excluding carboxylic acids is 1. The maximum absolute atomic E-state index is 12.7. The van der Waals surface area contributed by atoms with Gasteiger partial charge in [0.1, 0.15) is 5.54 Å². The minimum atomic E-state index is -4.49. The van der Waals surface area contributed by atoms with Gasteiger partial charge in [0.05, 0.1) is 11.4 Å². The Labute approximate surface area is 107 Å². The maximum Gasteiger partial charge on any atom is 0.410 e. The lowest BCUT2D eigenvalue weighted by molar-refractivity contribution is -0.182. The molecule has 1 amide bonds. The molecule has 0 fully saturated rings. The summed E-state index contributed by atoms with van der Waals surface area (Å²) in [5.41, 5.74) is 1.50. The van der Waals surface area contributed by atoms with Crippen molar-refractivity contribution in [3.8, 4) is 22.5 Å². The van der Waals surface area contributed by atoms with Crippen molar-refractivity contribution in [3.05, 3.63) is 23.8 Å². The van der Waals surface area contributed by atoms with Gasteiger partial charge in [0.25, 0.3) is 5.91 Å². The van der Waals surface area contributed by atoms with Crippen LogP contribution in [0.5, 0.6) is 0 Å². The first-order valence-corrected chi connectivity index (χ1v) is 5.76. The lowest BCUT2D eigenvalue weighted by Gasteiger charge is -2.28. The first kappa shape index (κ1) is 12.1. The van der Waals surface area contributed by atoms with Gasteiger partial charge in [-0.25, -0.2) is 0 Å². The molecule has 1 aliphatic heterocycles. The van der Waals surface area contributed by atoms with Gasteiger partial charge < -0.3 is 10.3 Å². The lowest BCUT2D eigenvalue weighted by atomic mass is 10.0.